The van der Waals surface area contributed by atoms with Crippen molar-refractivity contribution in [1.82, 2.24) is 4.90 Å². The normalized spacial score (nSPS) is 10.7. The number of carbonyl (C=O) groups excluding carboxylic acids is 1. The zero-order valence-electron chi connectivity index (χ0n) is 13.1. The number of rotatable bonds is 3. The first-order chi connectivity index (χ1) is 11.4. The smallest absolute Gasteiger partial charge is 0.335 e. The molecule has 0 saturated carbocycles. The maximum Gasteiger partial charge on any atom is 0.417 e. The minimum Gasteiger partial charge on any atom is -0.335 e. The fraction of sp³-hybridized carbons (Fsp3) is 0.211. The van der Waals surface area contributed by atoms with Crippen LogP contribution in [0.3, 0.4) is 0 Å². The highest BCUT2D eigenvalue weighted by Crippen LogP contribution is 2.31. The maximum absolute atomic E-state index is 12.9. The van der Waals surface area contributed by atoms with Crippen LogP contribution in [0.1, 0.15) is 16.7 Å². The van der Waals surface area contributed by atoms with Crippen LogP contribution >= 0.6 is 0 Å². The first-order valence-electron chi connectivity index (χ1n) is 7.35. The Morgan fingerprint density at radius 3 is 2.33 bits per heavy atom. The highest BCUT2D eigenvalue weighted by molar-refractivity contribution is 5.94. The number of hydrogen-bond acceptors (Lipinski definition) is 1. The summed E-state index contributed by atoms with van der Waals surface area (Å²) in [6.45, 7) is 0.443. The summed E-state index contributed by atoms with van der Waals surface area (Å²) in [5.41, 5.74) is 0.0413. The zero-order valence-corrected chi connectivity index (χ0v) is 13.1. The Kier molecular flexibility index (Phi) is 5.64. The molecule has 0 heterocycles. The molecule has 0 aromatic heterocycles. The van der Waals surface area contributed by atoms with Gasteiger partial charge in [0.15, 0.2) is 0 Å². The number of likely N-dealkylation sites (N-methyl/N-ethyl adjacent to an activating group) is 1. The van der Waals surface area contributed by atoms with Crippen LogP contribution in [0.5, 0.6) is 0 Å². The lowest BCUT2D eigenvalue weighted by atomic mass is 10.1. The molecule has 0 aliphatic heterocycles. The third kappa shape index (κ3) is 4.88. The van der Waals surface area contributed by atoms with Gasteiger partial charge < -0.3 is 4.90 Å². The molecule has 0 atom stereocenters. The molecule has 0 N–H and O–H groups in total. The number of benzene rings is 2. The molecular weight excluding hydrogens is 315 g/mol. The monoisotopic (exact) mass is 331 g/mol. The van der Waals surface area contributed by atoms with E-state index in [1.165, 1.54) is 23.1 Å². The molecule has 0 unspecified atom stereocenters. The molecule has 1 amide bonds. The van der Waals surface area contributed by atoms with Gasteiger partial charge in [-0.1, -0.05) is 48.4 Å². The second-order valence-corrected chi connectivity index (χ2v) is 5.26. The van der Waals surface area contributed by atoms with E-state index in [4.69, 9.17) is 0 Å². The fourth-order valence-electron chi connectivity index (χ4n) is 2.10. The van der Waals surface area contributed by atoms with Crippen molar-refractivity contribution >= 4 is 5.91 Å². The third-order valence-electron chi connectivity index (χ3n) is 3.46. The van der Waals surface area contributed by atoms with Gasteiger partial charge in [0, 0.05) is 25.1 Å². The SMILES string of the molecule is CN(CCc1ccccc1)C(=O)C#Cc1ccccc1C(F)(F)F. The Morgan fingerprint density at radius 1 is 1.04 bits per heavy atom. The quantitative estimate of drug-likeness (QED) is 0.784. The molecule has 0 fully saturated rings. The van der Waals surface area contributed by atoms with Crippen LogP contribution in [0.25, 0.3) is 0 Å². The van der Waals surface area contributed by atoms with E-state index in [0.29, 0.717) is 13.0 Å². The van der Waals surface area contributed by atoms with Crippen molar-refractivity contribution in [3.8, 4) is 11.8 Å². The second-order valence-electron chi connectivity index (χ2n) is 5.26. The Labute approximate surface area is 138 Å². The van der Waals surface area contributed by atoms with Gasteiger partial charge in [-0.2, -0.15) is 13.2 Å². The van der Waals surface area contributed by atoms with Gasteiger partial charge in [0.2, 0.25) is 0 Å². The first-order valence-corrected chi connectivity index (χ1v) is 7.35. The number of amides is 1. The van der Waals surface area contributed by atoms with Gasteiger partial charge in [0.25, 0.3) is 5.91 Å². The Bertz CT molecular complexity index is 757. The highest BCUT2D eigenvalue weighted by atomic mass is 19.4. The van der Waals surface area contributed by atoms with E-state index in [2.05, 4.69) is 11.8 Å². The minimum absolute atomic E-state index is 0.199. The highest BCUT2D eigenvalue weighted by Gasteiger charge is 2.32. The van der Waals surface area contributed by atoms with E-state index in [-0.39, 0.29) is 5.56 Å². The van der Waals surface area contributed by atoms with Crippen LogP contribution in [0.4, 0.5) is 13.2 Å². The Morgan fingerprint density at radius 2 is 1.67 bits per heavy atom. The van der Waals surface area contributed by atoms with Crippen molar-refractivity contribution < 1.29 is 18.0 Å². The molecule has 0 radical (unpaired) electrons. The topological polar surface area (TPSA) is 20.3 Å². The van der Waals surface area contributed by atoms with E-state index in [1.54, 1.807) is 7.05 Å². The number of alkyl halides is 3. The zero-order chi connectivity index (χ0) is 17.6. The van der Waals surface area contributed by atoms with Crippen molar-refractivity contribution in [2.75, 3.05) is 13.6 Å². The van der Waals surface area contributed by atoms with Gasteiger partial charge in [0.1, 0.15) is 0 Å². The lowest BCUT2D eigenvalue weighted by molar-refractivity contribution is -0.137. The number of hydrogen-bond donors (Lipinski definition) is 0. The predicted molar refractivity (Wildman–Crippen MR) is 86.1 cm³/mol. The van der Waals surface area contributed by atoms with E-state index in [0.717, 1.165) is 11.6 Å². The van der Waals surface area contributed by atoms with Gasteiger partial charge in [-0.05, 0) is 24.1 Å². The fourth-order valence-corrected chi connectivity index (χ4v) is 2.10. The van der Waals surface area contributed by atoms with Crippen LogP contribution in [0.15, 0.2) is 54.6 Å². The molecule has 2 rings (SSSR count). The molecule has 0 spiro atoms. The van der Waals surface area contributed by atoms with Crippen molar-refractivity contribution in [2.24, 2.45) is 0 Å². The van der Waals surface area contributed by atoms with Crippen LogP contribution in [0, 0.1) is 11.8 Å². The molecule has 0 aliphatic rings. The summed E-state index contributed by atoms with van der Waals surface area (Å²) in [5, 5.41) is 0. The van der Waals surface area contributed by atoms with Crippen molar-refractivity contribution in [2.45, 2.75) is 12.6 Å². The summed E-state index contributed by atoms with van der Waals surface area (Å²) in [4.78, 5) is 13.4. The summed E-state index contributed by atoms with van der Waals surface area (Å²) in [6, 6.07) is 14.6. The molecule has 0 aliphatic carbocycles. The van der Waals surface area contributed by atoms with Gasteiger partial charge in [0.05, 0.1) is 5.56 Å². The van der Waals surface area contributed by atoms with Crippen LogP contribution in [-0.2, 0) is 17.4 Å². The van der Waals surface area contributed by atoms with Crippen molar-refractivity contribution in [3.63, 3.8) is 0 Å². The number of halogens is 3. The summed E-state index contributed by atoms with van der Waals surface area (Å²) >= 11 is 0. The van der Waals surface area contributed by atoms with E-state index in [1.807, 2.05) is 30.3 Å². The lowest BCUT2D eigenvalue weighted by Crippen LogP contribution is -2.27. The van der Waals surface area contributed by atoms with Crippen molar-refractivity contribution in [1.29, 1.82) is 0 Å². The van der Waals surface area contributed by atoms with E-state index >= 15 is 0 Å². The third-order valence-corrected chi connectivity index (χ3v) is 3.46. The predicted octanol–water partition coefficient (Wildman–Crippen LogP) is 3.76. The second kappa shape index (κ2) is 7.69. The van der Waals surface area contributed by atoms with Gasteiger partial charge >= 0.3 is 6.18 Å². The maximum atomic E-state index is 12.9. The van der Waals surface area contributed by atoms with Crippen LogP contribution in [0.2, 0.25) is 0 Å². The molecular formula is C19H16F3NO. The number of nitrogens with zero attached hydrogens (tertiary/aromatic N) is 1. The average molecular weight is 331 g/mol. The molecule has 2 aromatic rings. The first kappa shape index (κ1) is 17.6. The van der Waals surface area contributed by atoms with Crippen LogP contribution in [-0.4, -0.2) is 24.4 Å². The van der Waals surface area contributed by atoms with Crippen LogP contribution < -0.4 is 0 Å². The van der Waals surface area contributed by atoms with Gasteiger partial charge in [-0.25, -0.2) is 0 Å². The summed E-state index contributed by atoms with van der Waals surface area (Å²) in [7, 11) is 1.58. The molecule has 5 heteroatoms. The summed E-state index contributed by atoms with van der Waals surface area (Å²) < 4.78 is 38.6. The Hall–Kier alpha value is -2.74. The lowest BCUT2D eigenvalue weighted by Gasteiger charge is -2.13. The molecule has 124 valence electrons. The van der Waals surface area contributed by atoms with E-state index in [9.17, 15) is 18.0 Å². The standard InChI is InChI=1S/C19H16F3NO/c1-23(14-13-15-7-3-2-4-8-15)18(24)12-11-16-9-5-6-10-17(16)19(20,21)22/h2-10H,13-14H2,1H3. The molecule has 0 bridgehead atoms. The van der Waals surface area contributed by atoms with E-state index < -0.39 is 17.6 Å². The number of carbonyl (C=O) groups is 1. The molecule has 24 heavy (non-hydrogen) atoms. The Balaban J connectivity index is 2.04. The van der Waals surface area contributed by atoms with Crippen molar-refractivity contribution in [3.05, 3.63) is 71.3 Å². The average Bonchev–Trinajstić information content (AvgIpc) is 2.58. The molecule has 2 aromatic carbocycles. The van der Waals surface area contributed by atoms with Gasteiger partial charge in [-0.3, -0.25) is 4.79 Å². The molecule has 0 saturated heterocycles. The largest absolute Gasteiger partial charge is 0.417 e. The molecule has 2 nitrogen and oxygen atoms in total. The summed E-state index contributed by atoms with van der Waals surface area (Å²) in [6.07, 6.45) is -3.84. The minimum atomic E-state index is -4.49. The van der Waals surface area contributed by atoms with Gasteiger partial charge in [-0.15, -0.1) is 0 Å². The summed E-state index contributed by atoms with van der Waals surface area (Å²) in [5.74, 6) is 4.11.